The first-order valence-corrected chi connectivity index (χ1v) is 8.97. The van der Waals surface area contributed by atoms with Crippen LogP contribution in [0.25, 0.3) is 0 Å². The monoisotopic (exact) mass is 360 g/mol. The van der Waals surface area contributed by atoms with Gasteiger partial charge in [0.15, 0.2) is 6.73 Å². The number of benzene rings is 1. The third-order valence-corrected chi connectivity index (χ3v) is 4.13. The second-order valence-electron chi connectivity index (χ2n) is 5.83. The highest BCUT2D eigenvalue weighted by Gasteiger charge is 2.09. The van der Waals surface area contributed by atoms with Crippen LogP contribution in [0, 0.1) is 0 Å². The second-order valence-corrected chi connectivity index (χ2v) is 5.83. The van der Waals surface area contributed by atoms with E-state index in [4.69, 9.17) is 9.47 Å². The Bertz CT molecular complexity index is 666. The van der Waals surface area contributed by atoms with Crippen molar-refractivity contribution in [1.82, 2.24) is 20.0 Å². The number of aromatic nitrogens is 2. The highest BCUT2D eigenvalue weighted by molar-refractivity contribution is 5.92. The van der Waals surface area contributed by atoms with Gasteiger partial charge < -0.3 is 19.7 Å². The lowest BCUT2D eigenvalue weighted by Crippen LogP contribution is -2.30. The lowest BCUT2D eigenvalue weighted by molar-refractivity contribution is 0.0944. The quantitative estimate of drug-likeness (QED) is 0.623. The molecule has 0 fully saturated rings. The summed E-state index contributed by atoms with van der Waals surface area (Å²) in [5, 5.41) is 7.16. The number of ether oxygens (including phenoxy) is 2. The van der Waals surface area contributed by atoms with Crippen molar-refractivity contribution < 1.29 is 14.3 Å². The van der Waals surface area contributed by atoms with Gasteiger partial charge in [0.05, 0.1) is 7.11 Å². The smallest absolute Gasteiger partial charge is 0.271 e. The molecular weight excluding hydrogens is 332 g/mol. The van der Waals surface area contributed by atoms with E-state index in [0.29, 0.717) is 18.0 Å². The number of nitrogens with one attached hydrogen (secondary N) is 1. The van der Waals surface area contributed by atoms with Crippen LogP contribution in [0.5, 0.6) is 11.5 Å². The van der Waals surface area contributed by atoms with Crippen LogP contribution in [-0.4, -0.2) is 53.9 Å². The zero-order chi connectivity index (χ0) is 18.8. The van der Waals surface area contributed by atoms with Crippen LogP contribution in [0.1, 0.15) is 30.8 Å². The van der Waals surface area contributed by atoms with Crippen molar-refractivity contribution in [2.75, 3.05) is 33.3 Å². The highest BCUT2D eigenvalue weighted by atomic mass is 16.5. The third-order valence-electron chi connectivity index (χ3n) is 4.13. The summed E-state index contributed by atoms with van der Waals surface area (Å²) in [5.74, 6) is 1.33. The van der Waals surface area contributed by atoms with Crippen LogP contribution in [-0.2, 0) is 6.73 Å². The summed E-state index contributed by atoms with van der Waals surface area (Å²) in [6.07, 6.45) is 2.66. The summed E-state index contributed by atoms with van der Waals surface area (Å²) in [5.41, 5.74) is 0.395. The summed E-state index contributed by atoms with van der Waals surface area (Å²) >= 11 is 0. The molecule has 7 heteroatoms. The van der Waals surface area contributed by atoms with E-state index in [-0.39, 0.29) is 12.6 Å². The van der Waals surface area contributed by atoms with Gasteiger partial charge in [-0.25, -0.2) is 4.68 Å². The molecule has 0 unspecified atom stereocenters. The maximum Gasteiger partial charge on any atom is 0.271 e. The molecular formula is C19H28N4O3. The van der Waals surface area contributed by atoms with Gasteiger partial charge in [-0.1, -0.05) is 13.8 Å². The van der Waals surface area contributed by atoms with E-state index in [1.54, 1.807) is 24.1 Å². The van der Waals surface area contributed by atoms with Crippen LogP contribution in [0.4, 0.5) is 0 Å². The Balaban J connectivity index is 1.74. The second kappa shape index (κ2) is 10.5. The number of methoxy groups -OCH3 is 1. The lowest BCUT2D eigenvalue weighted by atomic mass is 10.3. The van der Waals surface area contributed by atoms with E-state index < -0.39 is 0 Å². The fraction of sp³-hybridized carbons (Fsp3) is 0.474. The van der Waals surface area contributed by atoms with Crippen LogP contribution in [0.3, 0.4) is 0 Å². The standard InChI is InChI=1S/C19H28N4O3/c1-4-22(5-2)13-6-12-20-19(24)18-11-14-23(21-18)15-26-17-9-7-16(25-3)8-10-17/h7-11,14H,4-6,12-13,15H2,1-3H3,(H,20,24). The number of hydrogen-bond donors (Lipinski definition) is 1. The molecule has 26 heavy (non-hydrogen) atoms. The minimum atomic E-state index is -0.159. The topological polar surface area (TPSA) is 68.6 Å². The fourth-order valence-electron chi connectivity index (χ4n) is 2.50. The summed E-state index contributed by atoms with van der Waals surface area (Å²) in [4.78, 5) is 14.5. The molecule has 0 saturated heterocycles. The van der Waals surface area contributed by atoms with Crippen LogP contribution >= 0.6 is 0 Å². The fourth-order valence-corrected chi connectivity index (χ4v) is 2.50. The predicted octanol–water partition coefficient (Wildman–Crippen LogP) is 2.39. The van der Waals surface area contributed by atoms with Gasteiger partial charge in [-0.05, 0) is 56.4 Å². The molecule has 142 valence electrons. The number of carbonyl (C=O) groups is 1. The van der Waals surface area contributed by atoms with Crippen molar-refractivity contribution in [3.63, 3.8) is 0 Å². The largest absolute Gasteiger partial charge is 0.497 e. The molecule has 0 radical (unpaired) electrons. The van der Waals surface area contributed by atoms with Gasteiger partial charge in [0.1, 0.15) is 17.2 Å². The third kappa shape index (κ3) is 6.07. The zero-order valence-electron chi connectivity index (χ0n) is 15.8. The lowest BCUT2D eigenvalue weighted by Gasteiger charge is -2.17. The molecule has 7 nitrogen and oxygen atoms in total. The van der Waals surface area contributed by atoms with Crippen LogP contribution < -0.4 is 14.8 Å². The average molecular weight is 360 g/mol. The van der Waals surface area contributed by atoms with Crippen LogP contribution in [0.15, 0.2) is 36.5 Å². The number of nitrogens with zero attached hydrogens (tertiary/aromatic N) is 3. The minimum Gasteiger partial charge on any atom is -0.497 e. The molecule has 1 N–H and O–H groups in total. The van der Waals surface area contributed by atoms with Gasteiger partial charge in [0.25, 0.3) is 5.91 Å². The molecule has 0 aliphatic rings. The Kier molecular flexibility index (Phi) is 7.95. The minimum absolute atomic E-state index is 0.159. The van der Waals surface area contributed by atoms with E-state index in [1.165, 1.54) is 0 Å². The van der Waals surface area contributed by atoms with E-state index in [1.807, 2.05) is 24.3 Å². The summed E-state index contributed by atoms with van der Waals surface area (Å²) < 4.78 is 12.3. The Hall–Kier alpha value is -2.54. The molecule has 0 aliphatic heterocycles. The molecule has 1 aromatic carbocycles. The molecule has 1 heterocycles. The van der Waals surface area contributed by atoms with Gasteiger partial charge in [-0.2, -0.15) is 5.10 Å². The Morgan fingerprint density at radius 3 is 2.50 bits per heavy atom. The SMILES string of the molecule is CCN(CC)CCCNC(=O)c1ccn(COc2ccc(OC)cc2)n1. The number of rotatable bonds is 11. The molecule has 2 rings (SSSR count). The van der Waals surface area contributed by atoms with Gasteiger partial charge in [-0.15, -0.1) is 0 Å². The molecule has 1 amide bonds. The first kappa shape index (κ1) is 19.8. The van der Waals surface area contributed by atoms with Gasteiger partial charge in [0, 0.05) is 12.7 Å². The first-order chi connectivity index (χ1) is 12.7. The average Bonchev–Trinajstić information content (AvgIpc) is 3.16. The maximum absolute atomic E-state index is 12.1. The molecule has 0 aliphatic carbocycles. The van der Waals surface area contributed by atoms with E-state index in [9.17, 15) is 4.79 Å². The first-order valence-electron chi connectivity index (χ1n) is 8.97. The van der Waals surface area contributed by atoms with Gasteiger partial charge in [0.2, 0.25) is 0 Å². The highest BCUT2D eigenvalue weighted by Crippen LogP contribution is 2.17. The van der Waals surface area contributed by atoms with Crippen molar-refractivity contribution in [2.24, 2.45) is 0 Å². The van der Waals surface area contributed by atoms with Crippen molar-refractivity contribution >= 4 is 5.91 Å². The van der Waals surface area contributed by atoms with E-state index in [0.717, 1.165) is 31.8 Å². The molecule has 2 aromatic rings. The van der Waals surface area contributed by atoms with Crippen molar-refractivity contribution in [3.05, 3.63) is 42.2 Å². The van der Waals surface area contributed by atoms with Crippen molar-refractivity contribution in [2.45, 2.75) is 27.0 Å². The van der Waals surface area contributed by atoms with Crippen molar-refractivity contribution in [3.8, 4) is 11.5 Å². The van der Waals surface area contributed by atoms with Crippen molar-refractivity contribution in [1.29, 1.82) is 0 Å². The summed E-state index contributed by atoms with van der Waals surface area (Å²) in [6.45, 7) is 8.21. The predicted molar refractivity (Wildman–Crippen MR) is 101 cm³/mol. The Morgan fingerprint density at radius 1 is 1.15 bits per heavy atom. The van der Waals surface area contributed by atoms with Gasteiger partial charge >= 0.3 is 0 Å². The summed E-state index contributed by atoms with van der Waals surface area (Å²) in [6, 6.07) is 9.00. The number of hydrogen-bond acceptors (Lipinski definition) is 5. The number of carbonyl (C=O) groups excluding carboxylic acids is 1. The molecule has 0 bridgehead atoms. The molecule has 1 aromatic heterocycles. The maximum atomic E-state index is 12.1. The van der Waals surface area contributed by atoms with Gasteiger partial charge in [-0.3, -0.25) is 4.79 Å². The summed E-state index contributed by atoms with van der Waals surface area (Å²) in [7, 11) is 1.62. The normalized spacial score (nSPS) is 10.8. The molecule has 0 spiro atoms. The molecule has 0 saturated carbocycles. The zero-order valence-corrected chi connectivity index (χ0v) is 15.8. The number of amides is 1. The van der Waals surface area contributed by atoms with E-state index in [2.05, 4.69) is 29.2 Å². The van der Waals surface area contributed by atoms with E-state index >= 15 is 0 Å². The van der Waals surface area contributed by atoms with Crippen LogP contribution in [0.2, 0.25) is 0 Å². The Labute approximate surface area is 154 Å². The molecule has 0 atom stereocenters. The Morgan fingerprint density at radius 2 is 1.85 bits per heavy atom.